The minimum absolute atomic E-state index is 0.515. The van der Waals surface area contributed by atoms with Crippen LogP contribution < -0.4 is 0 Å². The van der Waals surface area contributed by atoms with Gasteiger partial charge < -0.3 is 0 Å². The minimum Gasteiger partial charge on any atom is -0.0885 e. The van der Waals surface area contributed by atoms with Crippen molar-refractivity contribution < 1.29 is 0 Å². The summed E-state index contributed by atoms with van der Waals surface area (Å²) in [6.07, 6.45) is 21.4. The summed E-state index contributed by atoms with van der Waals surface area (Å²) in [5, 5.41) is 0. The van der Waals surface area contributed by atoms with Crippen LogP contribution in [-0.4, -0.2) is 0 Å². The lowest BCUT2D eigenvalue weighted by Gasteiger charge is -2.17. The Bertz CT molecular complexity index is 195. The third-order valence-corrected chi connectivity index (χ3v) is 3.69. The van der Waals surface area contributed by atoms with Crippen molar-refractivity contribution in [2.45, 2.75) is 105 Å². The van der Waals surface area contributed by atoms with Crippen LogP contribution in [0.5, 0.6) is 0 Å². The van der Waals surface area contributed by atoms with Gasteiger partial charge in [0, 0.05) is 0 Å². The van der Waals surface area contributed by atoms with E-state index < -0.39 is 0 Å². The number of hydrogen-bond acceptors (Lipinski definition) is 0. The quantitative estimate of drug-likeness (QED) is 0.257. The molecule has 0 aromatic rings. The highest BCUT2D eigenvalue weighted by Gasteiger charge is 2.08. The Morgan fingerprint density at radius 1 is 0.632 bits per heavy atom. The van der Waals surface area contributed by atoms with E-state index in [1.165, 1.54) is 77.0 Å². The van der Waals surface area contributed by atoms with Gasteiger partial charge >= 0.3 is 0 Å². The van der Waals surface area contributed by atoms with E-state index in [9.17, 15) is 0 Å². The first-order valence-corrected chi connectivity index (χ1v) is 8.71. The molecule has 0 amide bonds. The normalized spacial score (nSPS) is 12.4. The zero-order chi connectivity index (χ0) is 14.4. The van der Waals surface area contributed by atoms with Crippen LogP contribution in [0, 0.1) is 5.41 Å². The van der Waals surface area contributed by atoms with Crippen LogP contribution in [0.4, 0.5) is 0 Å². The SMILES string of the molecule is CCCCCCCCC/C=C/CCCCC(C)(C)C. The molecule has 0 fully saturated rings. The molecule has 0 aromatic carbocycles. The summed E-state index contributed by atoms with van der Waals surface area (Å²) < 4.78 is 0. The summed E-state index contributed by atoms with van der Waals surface area (Å²) in [5.41, 5.74) is 0.515. The van der Waals surface area contributed by atoms with Gasteiger partial charge in [0.2, 0.25) is 0 Å². The number of unbranched alkanes of at least 4 members (excludes halogenated alkanes) is 9. The Morgan fingerprint density at radius 2 is 1.11 bits per heavy atom. The molecule has 114 valence electrons. The lowest BCUT2D eigenvalue weighted by molar-refractivity contribution is 0.361. The van der Waals surface area contributed by atoms with E-state index in [0.717, 1.165) is 0 Å². The summed E-state index contributed by atoms with van der Waals surface area (Å²) in [4.78, 5) is 0. The second-order valence-electron chi connectivity index (χ2n) is 7.19. The van der Waals surface area contributed by atoms with Crippen LogP contribution in [0.2, 0.25) is 0 Å². The first-order valence-electron chi connectivity index (χ1n) is 8.71. The second kappa shape index (κ2) is 12.8. The molecule has 0 spiro atoms. The molecule has 0 rings (SSSR count). The van der Waals surface area contributed by atoms with Crippen LogP contribution >= 0.6 is 0 Å². The van der Waals surface area contributed by atoms with Crippen molar-refractivity contribution in [1.82, 2.24) is 0 Å². The standard InChI is InChI=1S/C19H38/c1-5-6-7-8-9-10-11-12-13-14-15-16-17-18-19(2,3)4/h13-14H,5-12,15-18H2,1-4H3/b14-13+. The second-order valence-corrected chi connectivity index (χ2v) is 7.19. The van der Waals surface area contributed by atoms with Gasteiger partial charge in [-0.1, -0.05) is 84.8 Å². The fraction of sp³-hybridized carbons (Fsp3) is 0.895. The summed E-state index contributed by atoms with van der Waals surface area (Å²) in [5.74, 6) is 0. The van der Waals surface area contributed by atoms with Crippen molar-refractivity contribution in [3.63, 3.8) is 0 Å². The topological polar surface area (TPSA) is 0 Å². The van der Waals surface area contributed by atoms with Gasteiger partial charge in [0.05, 0.1) is 0 Å². The Hall–Kier alpha value is -0.260. The molecule has 0 unspecified atom stereocenters. The first-order chi connectivity index (χ1) is 9.06. The fourth-order valence-corrected chi connectivity index (χ4v) is 2.37. The third-order valence-electron chi connectivity index (χ3n) is 3.69. The molecule has 0 aromatic heterocycles. The van der Waals surface area contributed by atoms with E-state index in [1.54, 1.807) is 0 Å². The molecule has 0 aliphatic rings. The molecule has 19 heavy (non-hydrogen) atoms. The van der Waals surface area contributed by atoms with E-state index in [4.69, 9.17) is 0 Å². The number of allylic oxidation sites excluding steroid dienone is 2. The van der Waals surface area contributed by atoms with E-state index in [0.29, 0.717) is 5.41 Å². The van der Waals surface area contributed by atoms with Crippen molar-refractivity contribution >= 4 is 0 Å². The van der Waals surface area contributed by atoms with Gasteiger partial charge in [-0.15, -0.1) is 0 Å². The predicted molar refractivity (Wildman–Crippen MR) is 89.7 cm³/mol. The predicted octanol–water partition coefficient (Wildman–Crippen LogP) is 7.29. The molecular weight excluding hydrogens is 228 g/mol. The molecule has 0 nitrogen and oxygen atoms in total. The highest BCUT2D eigenvalue weighted by Crippen LogP contribution is 2.22. The van der Waals surface area contributed by atoms with Crippen molar-refractivity contribution in [2.24, 2.45) is 5.41 Å². The van der Waals surface area contributed by atoms with Gasteiger partial charge in [-0.2, -0.15) is 0 Å². The Morgan fingerprint density at radius 3 is 1.63 bits per heavy atom. The average molecular weight is 267 g/mol. The van der Waals surface area contributed by atoms with E-state index in [1.807, 2.05) is 0 Å². The highest BCUT2D eigenvalue weighted by atomic mass is 14.1. The summed E-state index contributed by atoms with van der Waals surface area (Å²) >= 11 is 0. The van der Waals surface area contributed by atoms with Crippen LogP contribution in [0.1, 0.15) is 105 Å². The molecule has 0 aliphatic carbocycles. The Labute approximate surface area is 123 Å². The molecule has 0 atom stereocenters. The summed E-state index contributed by atoms with van der Waals surface area (Å²) in [7, 11) is 0. The maximum absolute atomic E-state index is 2.41. The molecule has 0 radical (unpaired) electrons. The lowest BCUT2D eigenvalue weighted by atomic mass is 9.89. The number of hydrogen-bond donors (Lipinski definition) is 0. The van der Waals surface area contributed by atoms with Crippen molar-refractivity contribution in [1.29, 1.82) is 0 Å². The Balaban J connectivity index is 3.13. The molecule has 0 aliphatic heterocycles. The Kier molecular flexibility index (Phi) is 12.6. The molecule has 0 heteroatoms. The third kappa shape index (κ3) is 17.7. The molecule has 0 saturated heterocycles. The molecular formula is C19H38. The summed E-state index contributed by atoms with van der Waals surface area (Å²) in [6, 6.07) is 0. The average Bonchev–Trinajstić information content (AvgIpc) is 2.34. The van der Waals surface area contributed by atoms with Gasteiger partial charge in [-0.3, -0.25) is 0 Å². The van der Waals surface area contributed by atoms with E-state index in [2.05, 4.69) is 39.8 Å². The van der Waals surface area contributed by atoms with Crippen molar-refractivity contribution in [2.75, 3.05) is 0 Å². The zero-order valence-electron chi connectivity index (χ0n) is 14.1. The van der Waals surface area contributed by atoms with Gasteiger partial charge in [-0.25, -0.2) is 0 Å². The van der Waals surface area contributed by atoms with Crippen LogP contribution in [0.25, 0.3) is 0 Å². The lowest BCUT2D eigenvalue weighted by Crippen LogP contribution is -2.03. The fourth-order valence-electron chi connectivity index (χ4n) is 2.37. The van der Waals surface area contributed by atoms with Gasteiger partial charge in [0.15, 0.2) is 0 Å². The smallest absolute Gasteiger partial charge is 0.0351 e. The number of rotatable bonds is 12. The first kappa shape index (κ1) is 18.7. The molecule has 0 N–H and O–H groups in total. The minimum atomic E-state index is 0.515. The maximum Gasteiger partial charge on any atom is -0.0351 e. The zero-order valence-corrected chi connectivity index (χ0v) is 14.1. The molecule has 0 heterocycles. The molecule has 0 saturated carbocycles. The van der Waals surface area contributed by atoms with Crippen LogP contribution in [-0.2, 0) is 0 Å². The van der Waals surface area contributed by atoms with Crippen molar-refractivity contribution in [3.05, 3.63) is 12.2 Å². The van der Waals surface area contributed by atoms with E-state index >= 15 is 0 Å². The van der Waals surface area contributed by atoms with Crippen LogP contribution in [0.15, 0.2) is 12.2 Å². The monoisotopic (exact) mass is 266 g/mol. The van der Waals surface area contributed by atoms with E-state index in [-0.39, 0.29) is 0 Å². The maximum atomic E-state index is 2.41. The highest BCUT2D eigenvalue weighted by molar-refractivity contribution is 4.81. The molecule has 0 bridgehead atoms. The van der Waals surface area contributed by atoms with Gasteiger partial charge in [0.25, 0.3) is 0 Å². The van der Waals surface area contributed by atoms with Crippen LogP contribution in [0.3, 0.4) is 0 Å². The summed E-state index contributed by atoms with van der Waals surface area (Å²) in [6.45, 7) is 9.29. The van der Waals surface area contributed by atoms with Gasteiger partial charge in [0.1, 0.15) is 0 Å². The van der Waals surface area contributed by atoms with Crippen molar-refractivity contribution in [3.8, 4) is 0 Å². The van der Waals surface area contributed by atoms with Gasteiger partial charge in [-0.05, 0) is 37.5 Å². The largest absolute Gasteiger partial charge is 0.0885 e.